The van der Waals surface area contributed by atoms with Crippen LogP contribution in [0.5, 0.6) is 0 Å². The van der Waals surface area contributed by atoms with Crippen LogP contribution in [0.2, 0.25) is 0 Å². The molecular formula is C23H17N2OY-. The van der Waals surface area contributed by atoms with E-state index in [1.54, 1.807) is 0 Å². The number of furan rings is 1. The van der Waals surface area contributed by atoms with Crippen LogP contribution in [0.25, 0.3) is 39.0 Å². The molecule has 3 nitrogen and oxygen atoms in total. The molecular weight excluding hydrogens is 409 g/mol. The Morgan fingerprint density at radius 2 is 1.78 bits per heavy atom. The van der Waals surface area contributed by atoms with Crippen molar-refractivity contribution in [2.45, 2.75) is 6.92 Å². The first-order valence-electron chi connectivity index (χ1n) is 8.61. The molecule has 0 aliphatic heterocycles. The summed E-state index contributed by atoms with van der Waals surface area (Å²) in [6.07, 6.45) is 5.26. The predicted octanol–water partition coefficient (Wildman–Crippen LogP) is 4.77. The van der Waals surface area contributed by atoms with Crippen LogP contribution in [0.15, 0.2) is 71.3 Å². The summed E-state index contributed by atoms with van der Waals surface area (Å²) in [5.74, 6) is 1.02. The molecule has 3 aromatic carbocycles. The number of aryl methyl sites for hydroxylation is 2. The molecule has 0 amide bonds. The Morgan fingerprint density at radius 1 is 0.963 bits per heavy atom. The molecule has 129 valence electrons. The van der Waals surface area contributed by atoms with Crippen molar-refractivity contribution in [1.29, 1.82) is 0 Å². The molecule has 4 heteroatoms. The van der Waals surface area contributed by atoms with E-state index in [0.717, 1.165) is 44.6 Å². The van der Waals surface area contributed by atoms with E-state index in [2.05, 4.69) is 42.0 Å². The maximum atomic E-state index is 6.28. The fourth-order valence-electron chi connectivity index (χ4n) is 3.58. The van der Waals surface area contributed by atoms with Crippen LogP contribution in [0, 0.1) is 19.2 Å². The summed E-state index contributed by atoms with van der Waals surface area (Å²) in [7, 11) is 2.03. The van der Waals surface area contributed by atoms with Gasteiger partial charge in [-0.2, -0.15) is 24.3 Å². The van der Waals surface area contributed by atoms with Gasteiger partial charge in [-0.3, -0.25) is 4.57 Å². The minimum Gasteiger partial charge on any atom is -0.456 e. The van der Waals surface area contributed by atoms with Crippen LogP contribution in [0.4, 0.5) is 0 Å². The molecule has 0 unspecified atom stereocenters. The smallest absolute Gasteiger partial charge is 0.188 e. The number of aromatic nitrogens is 2. The average molecular weight is 426 g/mol. The zero-order valence-electron chi connectivity index (χ0n) is 15.2. The number of hydrogen-bond donors (Lipinski definition) is 0. The van der Waals surface area contributed by atoms with Crippen molar-refractivity contribution in [1.82, 2.24) is 4.57 Å². The first-order chi connectivity index (χ1) is 12.7. The maximum Gasteiger partial charge on any atom is 0.188 e. The zero-order valence-corrected chi connectivity index (χ0v) is 18.1. The first-order valence-corrected chi connectivity index (χ1v) is 8.61. The minimum absolute atomic E-state index is 0. The Hall–Kier alpha value is -2.23. The molecule has 0 atom stereocenters. The van der Waals surface area contributed by atoms with Crippen molar-refractivity contribution >= 4 is 21.9 Å². The van der Waals surface area contributed by atoms with Crippen LogP contribution >= 0.6 is 0 Å². The fraction of sp³-hybridized carbons (Fsp3) is 0.0870. The normalized spacial score (nSPS) is 11.0. The van der Waals surface area contributed by atoms with Crippen molar-refractivity contribution in [2.75, 3.05) is 0 Å². The number of fused-ring (bicyclic) bond motifs is 3. The number of hydrogen-bond acceptors (Lipinski definition) is 1. The summed E-state index contributed by atoms with van der Waals surface area (Å²) in [4.78, 5) is 0. The molecule has 0 saturated carbocycles. The third-order valence-electron chi connectivity index (χ3n) is 4.84. The van der Waals surface area contributed by atoms with Gasteiger partial charge in [0.25, 0.3) is 0 Å². The molecule has 2 heterocycles. The maximum absolute atomic E-state index is 6.28. The summed E-state index contributed by atoms with van der Waals surface area (Å²) < 4.78 is 10.4. The van der Waals surface area contributed by atoms with E-state index >= 15 is 0 Å². The summed E-state index contributed by atoms with van der Waals surface area (Å²) in [6, 6.07) is 23.7. The van der Waals surface area contributed by atoms with Gasteiger partial charge in [0.05, 0.1) is 25.0 Å². The Bertz CT molecular complexity index is 1250. The predicted molar refractivity (Wildman–Crippen MR) is 102 cm³/mol. The van der Waals surface area contributed by atoms with E-state index in [4.69, 9.17) is 4.42 Å². The van der Waals surface area contributed by atoms with Crippen molar-refractivity contribution in [3.63, 3.8) is 0 Å². The Balaban J connectivity index is 0.00000180. The molecule has 0 spiro atoms. The summed E-state index contributed by atoms with van der Waals surface area (Å²) >= 11 is 0. The largest absolute Gasteiger partial charge is 0.456 e. The van der Waals surface area contributed by atoms with Gasteiger partial charge in [-0.1, -0.05) is 36.0 Å². The van der Waals surface area contributed by atoms with Crippen molar-refractivity contribution in [3.8, 4) is 17.1 Å². The van der Waals surface area contributed by atoms with Gasteiger partial charge in [0.1, 0.15) is 11.2 Å². The van der Waals surface area contributed by atoms with Crippen LogP contribution in [-0.4, -0.2) is 4.57 Å². The number of benzene rings is 3. The SMILES string of the molecule is Cc1ccc2c(oc3ccccc32)c1-c1n(C)c[c-][n+]1-c1[c-]cccc1.[Y]. The van der Waals surface area contributed by atoms with Gasteiger partial charge in [-0.25, -0.2) is 6.07 Å². The second-order valence-corrected chi connectivity index (χ2v) is 6.51. The molecule has 0 bridgehead atoms. The average Bonchev–Trinajstić information content (AvgIpc) is 3.23. The third-order valence-corrected chi connectivity index (χ3v) is 4.84. The zero-order chi connectivity index (χ0) is 17.7. The van der Waals surface area contributed by atoms with Crippen LogP contribution in [-0.2, 0) is 39.8 Å². The van der Waals surface area contributed by atoms with Gasteiger partial charge in [-0.05, 0) is 18.6 Å². The molecule has 0 aliphatic carbocycles. The molecule has 2 aromatic heterocycles. The summed E-state index contributed by atoms with van der Waals surface area (Å²) in [6.45, 7) is 2.12. The van der Waals surface area contributed by atoms with Crippen LogP contribution in [0.3, 0.4) is 0 Å². The van der Waals surface area contributed by atoms with E-state index < -0.39 is 0 Å². The standard InChI is InChI=1S/C23H17N2O.Y/c1-16-12-13-19-18-10-6-7-11-20(18)26-22(19)21(16)23-24(2)14-15-25(23)17-8-4-3-5-9-17;/h3-8,10-14H,1-2H3;/q-1;. The number of nitrogens with zero attached hydrogens (tertiary/aromatic N) is 2. The van der Waals surface area contributed by atoms with E-state index in [1.165, 1.54) is 0 Å². The molecule has 27 heavy (non-hydrogen) atoms. The molecule has 0 saturated heterocycles. The molecule has 5 rings (SSSR count). The third kappa shape index (κ3) is 2.86. The van der Waals surface area contributed by atoms with Crippen molar-refractivity contribution in [2.24, 2.45) is 7.05 Å². The van der Waals surface area contributed by atoms with Gasteiger partial charge in [-0.15, -0.1) is 0 Å². The Morgan fingerprint density at radius 3 is 2.59 bits per heavy atom. The molecule has 0 N–H and O–H groups in total. The van der Waals surface area contributed by atoms with Gasteiger partial charge < -0.3 is 8.98 Å². The Kier molecular flexibility index (Phi) is 4.75. The Labute approximate surface area is 183 Å². The molecule has 0 fully saturated rings. The second-order valence-electron chi connectivity index (χ2n) is 6.51. The molecule has 0 aliphatic rings. The summed E-state index contributed by atoms with van der Waals surface area (Å²) in [5.41, 5.74) is 5.02. The molecule has 5 aromatic rings. The number of imidazole rings is 1. The van der Waals surface area contributed by atoms with Gasteiger partial charge >= 0.3 is 0 Å². The van der Waals surface area contributed by atoms with E-state index in [9.17, 15) is 0 Å². The first kappa shape index (κ1) is 18.2. The second kappa shape index (κ2) is 7.07. The molecule has 1 radical (unpaired) electrons. The van der Waals surface area contributed by atoms with Crippen LogP contribution in [0.1, 0.15) is 5.56 Å². The van der Waals surface area contributed by atoms with Crippen LogP contribution < -0.4 is 4.57 Å². The van der Waals surface area contributed by atoms with Crippen molar-refractivity contribution in [3.05, 3.63) is 84.7 Å². The monoisotopic (exact) mass is 426 g/mol. The minimum atomic E-state index is 0. The van der Waals surface area contributed by atoms with Gasteiger partial charge in [0.2, 0.25) is 0 Å². The van der Waals surface area contributed by atoms with Gasteiger partial charge in [0.15, 0.2) is 5.82 Å². The van der Waals surface area contributed by atoms with E-state index in [0.29, 0.717) is 0 Å². The number of rotatable bonds is 2. The van der Waals surface area contributed by atoms with Crippen molar-refractivity contribution < 1.29 is 41.7 Å². The quantitative estimate of drug-likeness (QED) is 0.294. The van der Waals surface area contributed by atoms with E-state index in [-0.39, 0.29) is 32.7 Å². The topological polar surface area (TPSA) is 21.9 Å². The van der Waals surface area contributed by atoms with E-state index in [1.807, 2.05) is 60.3 Å². The van der Waals surface area contributed by atoms with Gasteiger partial charge in [0, 0.05) is 43.5 Å². The fourth-order valence-corrected chi connectivity index (χ4v) is 3.58. The summed E-state index contributed by atoms with van der Waals surface area (Å²) in [5, 5.41) is 2.27. The number of para-hydroxylation sites is 2.